The molecule has 1 amide bonds. The second-order valence-corrected chi connectivity index (χ2v) is 8.03. The van der Waals surface area contributed by atoms with Gasteiger partial charge < -0.3 is 9.64 Å². The number of carbonyl (C=O) groups is 1. The first-order valence-electron chi connectivity index (χ1n) is 9.46. The van der Waals surface area contributed by atoms with Crippen LogP contribution >= 0.6 is 11.6 Å². The van der Waals surface area contributed by atoms with Crippen molar-refractivity contribution in [3.8, 4) is 5.75 Å². The Balaban J connectivity index is 1.67. The number of benzene rings is 2. The average Bonchev–Trinajstić information content (AvgIpc) is 3.16. The first-order valence-corrected chi connectivity index (χ1v) is 9.83. The molecule has 0 saturated carbocycles. The largest absolute Gasteiger partial charge is 0.497 e. The predicted molar refractivity (Wildman–Crippen MR) is 109 cm³/mol. The number of ether oxygens (including phenoxy) is 1. The normalized spacial score (nSPS) is 17.0. The molecule has 1 aliphatic heterocycles. The highest BCUT2D eigenvalue weighted by atomic mass is 35.5. The molecule has 0 aliphatic carbocycles. The van der Waals surface area contributed by atoms with Crippen LogP contribution in [0.1, 0.15) is 43.9 Å². The first kappa shape index (κ1) is 20.6. The van der Waals surface area contributed by atoms with E-state index in [0.717, 1.165) is 36.3 Å². The summed E-state index contributed by atoms with van der Waals surface area (Å²) in [6, 6.07) is 12.3. The van der Waals surface area contributed by atoms with Gasteiger partial charge in [0.25, 0.3) is 0 Å². The molecule has 1 fully saturated rings. The Labute approximate surface area is 170 Å². The molecule has 0 bridgehead atoms. The minimum Gasteiger partial charge on any atom is -0.497 e. The van der Waals surface area contributed by atoms with Crippen molar-refractivity contribution >= 4 is 17.5 Å². The van der Waals surface area contributed by atoms with E-state index < -0.39 is 5.54 Å². The highest BCUT2D eigenvalue weighted by Crippen LogP contribution is 2.33. The topological polar surface area (TPSA) is 41.6 Å². The Kier molecular flexibility index (Phi) is 6.26. The highest BCUT2D eigenvalue weighted by molar-refractivity contribution is 6.31. The van der Waals surface area contributed by atoms with Gasteiger partial charge in [-0.1, -0.05) is 29.8 Å². The molecule has 1 saturated heterocycles. The maximum atomic E-state index is 13.3. The number of halogens is 2. The first-order chi connectivity index (χ1) is 13.3. The van der Waals surface area contributed by atoms with Crippen LogP contribution in [0.2, 0.25) is 5.02 Å². The third kappa shape index (κ3) is 4.47. The van der Waals surface area contributed by atoms with Crippen LogP contribution in [0.3, 0.4) is 0 Å². The molecule has 3 rings (SSSR count). The monoisotopic (exact) mass is 404 g/mol. The molecule has 0 radical (unpaired) electrons. The summed E-state index contributed by atoms with van der Waals surface area (Å²) in [5.74, 6) is 0.476. The number of amides is 1. The van der Waals surface area contributed by atoms with Gasteiger partial charge in [-0.25, -0.2) is 4.39 Å². The second kappa shape index (κ2) is 8.50. The second-order valence-electron chi connectivity index (χ2n) is 7.62. The Morgan fingerprint density at radius 2 is 2.00 bits per heavy atom. The maximum absolute atomic E-state index is 13.3. The predicted octanol–water partition coefficient (Wildman–Crippen LogP) is 4.68. The van der Waals surface area contributed by atoms with Crippen LogP contribution in [-0.2, 0) is 10.3 Å². The van der Waals surface area contributed by atoms with Crippen molar-refractivity contribution in [3.63, 3.8) is 0 Å². The van der Waals surface area contributed by atoms with E-state index >= 15 is 0 Å². The summed E-state index contributed by atoms with van der Waals surface area (Å²) >= 11 is 6.20. The van der Waals surface area contributed by atoms with E-state index in [1.165, 1.54) is 12.1 Å². The molecular formula is C22H26ClFN2O2. The SMILES string of the molecule is COc1ccc(C2CCCN2C(=O)CNC(C)(C)c2ccc(F)cc2Cl)cc1. The van der Waals surface area contributed by atoms with Gasteiger partial charge in [0.05, 0.1) is 19.7 Å². The third-order valence-electron chi connectivity index (χ3n) is 5.36. The molecule has 4 nitrogen and oxygen atoms in total. The molecule has 0 aromatic heterocycles. The number of hydrogen-bond donors (Lipinski definition) is 1. The number of methoxy groups -OCH3 is 1. The lowest BCUT2D eigenvalue weighted by Crippen LogP contribution is -2.45. The molecular weight excluding hydrogens is 379 g/mol. The van der Waals surface area contributed by atoms with Crippen LogP contribution in [0.15, 0.2) is 42.5 Å². The third-order valence-corrected chi connectivity index (χ3v) is 5.67. The quantitative estimate of drug-likeness (QED) is 0.760. The van der Waals surface area contributed by atoms with Gasteiger partial charge in [-0.2, -0.15) is 0 Å². The maximum Gasteiger partial charge on any atom is 0.237 e. The fraction of sp³-hybridized carbons (Fsp3) is 0.409. The molecule has 1 heterocycles. The average molecular weight is 405 g/mol. The van der Waals surface area contributed by atoms with E-state index in [9.17, 15) is 9.18 Å². The number of hydrogen-bond acceptors (Lipinski definition) is 3. The van der Waals surface area contributed by atoms with Crippen LogP contribution in [0, 0.1) is 5.82 Å². The zero-order chi connectivity index (χ0) is 20.3. The fourth-order valence-electron chi connectivity index (χ4n) is 3.73. The number of carbonyl (C=O) groups excluding carboxylic acids is 1. The van der Waals surface area contributed by atoms with Gasteiger partial charge in [0.1, 0.15) is 11.6 Å². The Morgan fingerprint density at radius 1 is 1.29 bits per heavy atom. The number of nitrogens with one attached hydrogen (secondary N) is 1. The number of nitrogens with zero attached hydrogens (tertiary/aromatic N) is 1. The summed E-state index contributed by atoms with van der Waals surface area (Å²) in [7, 11) is 1.64. The Morgan fingerprint density at radius 3 is 2.64 bits per heavy atom. The lowest BCUT2D eigenvalue weighted by atomic mass is 9.94. The molecule has 0 spiro atoms. The van der Waals surface area contributed by atoms with Gasteiger partial charge in [-0.3, -0.25) is 10.1 Å². The van der Waals surface area contributed by atoms with Crippen molar-refractivity contribution in [1.29, 1.82) is 0 Å². The van der Waals surface area contributed by atoms with Gasteiger partial charge in [-0.15, -0.1) is 0 Å². The summed E-state index contributed by atoms with van der Waals surface area (Å²) < 4.78 is 18.5. The molecule has 1 N–H and O–H groups in total. The highest BCUT2D eigenvalue weighted by Gasteiger charge is 2.31. The zero-order valence-corrected chi connectivity index (χ0v) is 17.2. The molecule has 1 atom stereocenters. The Hall–Kier alpha value is -2.11. The number of likely N-dealkylation sites (tertiary alicyclic amines) is 1. The molecule has 28 heavy (non-hydrogen) atoms. The van der Waals surface area contributed by atoms with Crippen molar-refractivity contribution in [2.45, 2.75) is 38.3 Å². The zero-order valence-electron chi connectivity index (χ0n) is 16.5. The van der Waals surface area contributed by atoms with E-state index in [2.05, 4.69) is 5.32 Å². The minimum atomic E-state index is -0.560. The summed E-state index contributed by atoms with van der Waals surface area (Å²) in [5, 5.41) is 3.63. The standard InChI is InChI=1S/C22H26ClFN2O2/c1-22(2,18-11-8-16(24)13-19(18)23)25-14-21(27)26-12-4-5-20(26)15-6-9-17(28-3)10-7-15/h6-11,13,20,25H,4-5,12,14H2,1-3H3. The molecule has 6 heteroatoms. The van der Waals surface area contributed by atoms with Gasteiger partial charge >= 0.3 is 0 Å². The molecule has 1 unspecified atom stereocenters. The van der Waals surface area contributed by atoms with E-state index in [-0.39, 0.29) is 24.3 Å². The van der Waals surface area contributed by atoms with Gasteiger partial charge in [0, 0.05) is 17.1 Å². The smallest absolute Gasteiger partial charge is 0.237 e. The van der Waals surface area contributed by atoms with Crippen LogP contribution in [-0.4, -0.2) is 31.0 Å². The Bertz CT molecular complexity index is 839. The van der Waals surface area contributed by atoms with Crippen LogP contribution in [0.25, 0.3) is 0 Å². The molecule has 2 aromatic rings. The summed E-state index contributed by atoms with van der Waals surface area (Å²) in [6.07, 6.45) is 1.93. The van der Waals surface area contributed by atoms with E-state index in [1.54, 1.807) is 13.2 Å². The lowest BCUT2D eigenvalue weighted by molar-refractivity contribution is -0.131. The molecule has 150 valence electrons. The van der Waals surface area contributed by atoms with Crippen molar-refractivity contribution in [3.05, 3.63) is 64.4 Å². The van der Waals surface area contributed by atoms with Gasteiger partial charge in [0.2, 0.25) is 5.91 Å². The van der Waals surface area contributed by atoms with E-state index in [4.69, 9.17) is 16.3 Å². The van der Waals surface area contributed by atoms with E-state index in [0.29, 0.717) is 5.02 Å². The van der Waals surface area contributed by atoms with Gasteiger partial charge in [0.15, 0.2) is 0 Å². The van der Waals surface area contributed by atoms with Crippen LogP contribution in [0.5, 0.6) is 5.75 Å². The van der Waals surface area contributed by atoms with Crippen molar-refractivity contribution in [2.75, 3.05) is 20.2 Å². The lowest BCUT2D eigenvalue weighted by Gasteiger charge is -2.30. The van der Waals surface area contributed by atoms with Crippen LogP contribution < -0.4 is 10.1 Å². The molecule has 1 aliphatic rings. The fourth-order valence-corrected chi connectivity index (χ4v) is 4.13. The van der Waals surface area contributed by atoms with Crippen molar-refractivity contribution < 1.29 is 13.9 Å². The summed E-state index contributed by atoms with van der Waals surface area (Å²) in [5.41, 5.74) is 1.32. The van der Waals surface area contributed by atoms with Gasteiger partial charge in [-0.05, 0) is 62.1 Å². The molecule has 2 aromatic carbocycles. The van der Waals surface area contributed by atoms with Crippen molar-refractivity contribution in [2.24, 2.45) is 0 Å². The van der Waals surface area contributed by atoms with Crippen molar-refractivity contribution in [1.82, 2.24) is 10.2 Å². The minimum absolute atomic E-state index is 0.0460. The van der Waals surface area contributed by atoms with E-state index in [1.807, 2.05) is 43.0 Å². The summed E-state index contributed by atoms with van der Waals surface area (Å²) in [6.45, 7) is 4.80. The summed E-state index contributed by atoms with van der Waals surface area (Å²) in [4.78, 5) is 14.8. The number of rotatable bonds is 6. The van der Waals surface area contributed by atoms with Crippen LogP contribution in [0.4, 0.5) is 4.39 Å².